The number of carbonyl (C=O) groups excluding carboxylic acids is 1. The fourth-order valence-corrected chi connectivity index (χ4v) is 4.17. The molecule has 0 fully saturated rings. The molecule has 1 rings (SSSR count). The molecule has 1 aromatic rings. The third kappa shape index (κ3) is 7.03. The zero-order valence-corrected chi connectivity index (χ0v) is 18.1. The minimum Gasteiger partial charge on any atom is -0.495 e. The first-order chi connectivity index (χ1) is 11.6. The number of ether oxygens (including phenoxy) is 1. The molecule has 0 bridgehead atoms. The molecular weight excluding hydrogens is 376 g/mol. The molecule has 8 heteroatoms. The normalized spacial score (nSPS) is 12.6. The van der Waals surface area contributed by atoms with Crippen LogP contribution in [0.2, 0.25) is 5.02 Å². The van der Waals surface area contributed by atoms with Crippen molar-refractivity contribution in [1.82, 2.24) is 5.32 Å². The first-order valence-electron chi connectivity index (χ1n) is 8.27. The summed E-state index contributed by atoms with van der Waals surface area (Å²) in [5.41, 5.74) is -0.230. The van der Waals surface area contributed by atoms with Crippen LogP contribution in [0, 0.1) is 5.41 Å². The quantitative estimate of drug-likeness (QED) is 0.755. The molecule has 1 aromatic carbocycles. The van der Waals surface area contributed by atoms with Gasteiger partial charge in [-0.1, -0.05) is 32.4 Å². The van der Waals surface area contributed by atoms with Crippen LogP contribution in [-0.2, 0) is 14.8 Å². The summed E-state index contributed by atoms with van der Waals surface area (Å²) in [6.07, 6.45) is 1.78. The third-order valence-electron chi connectivity index (χ3n) is 3.55. The summed E-state index contributed by atoms with van der Waals surface area (Å²) in [7, 11) is -2.29. The van der Waals surface area contributed by atoms with Crippen LogP contribution >= 0.6 is 11.6 Å². The fourth-order valence-electron chi connectivity index (χ4n) is 3.16. The zero-order valence-electron chi connectivity index (χ0n) is 16.5. The van der Waals surface area contributed by atoms with Crippen molar-refractivity contribution < 1.29 is 17.9 Å². The fraction of sp³-hybridized carbons (Fsp3) is 0.611. The van der Waals surface area contributed by atoms with Gasteiger partial charge in [-0.05, 0) is 43.9 Å². The predicted molar refractivity (Wildman–Crippen MR) is 106 cm³/mol. The third-order valence-corrected chi connectivity index (χ3v) is 4.91. The Kier molecular flexibility index (Phi) is 6.98. The van der Waals surface area contributed by atoms with E-state index in [0.717, 1.165) is 17.0 Å². The highest BCUT2D eigenvalue weighted by atomic mass is 35.5. The number of nitrogens with one attached hydrogen (secondary N) is 1. The minimum absolute atomic E-state index is 0.0173. The van der Waals surface area contributed by atoms with Crippen molar-refractivity contribution in [3.05, 3.63) is 23.2 Å². The van der Waals surface area contributed by atoms with E-state index in [1.54, 1.807) is 12.1 Å². The number of methoxy groups -OCH3 is 1. The van der Waals surface area contributed by atoms with E-state index in [1.807, 2.05) is 13.8 Å². The lowest BCUT2D eigenvalue weighted by atomic mass is 9.82. The maximum Gasteiger partial charge on any atom is 0.241 e. The van der Waals surface area contributed by atoms with Gasteiger partial charge in [0.05, 0.1) is 19.1 Å². The molecule has 0 aliphatic rings. The molecule has 1 amide bonds. The second-order valence-corrected chi connectivity index (χ2v) is 10.6. The van der Waals surface area contributed by atoms with Crippen LogP contribution in [0.5, 0.6) is 5.75 Å². The number of carbonyl (C=O) groups is 1. The van der Waals surface area contributed by atoms with E-state index < -0.39 is 21.5 Å². The van der Waals surface area contributed by atoms with E-state index in [2.05, 4.69) is 26.1 Å². The highest BCUT2D eigenvalue weighted by Crippen LogP contribution is 2.33. The van der Waals surface area contributed by atoms with Crippen molar-refractivity contribution in [2.45, 2.75) is 46.6 Å². The van der Waals surface area contributed by atoms with Gasteiger partial charge in [0.15, 0.2) is 0 Å². The Morgan fingerprint density at radius 2 is 1.81 bits per heavy atom. The number of benzene rings is 1. The Morgan fingerprint density at radius 3 is 2.27 bits per heavy atom. The number of halogens is 1. The van der Waals surface area contributed by atoms with Gasteiger partial charge < -0.3 is 10.1 Å². The average Bonchev–Trinajstić information content (AvgIpc) is 2.40. The van der Waals surface area contributed by atoms with Crippen LogP contribution in [0.3, 0.4) is 0 Å². The molecule has 0 atom stereocenters. The topological polar surface area (TPSA) is 75.7 Å². The smallest absolute Gasteiger partial charge is 0.241 e. The van der Waals surface area contributed by atoms with Crippen LogP contribution in [0.4, 0.5) is 5.69 Å². The maximum atomic E-state index is 12.6. The number of hydrogen-bond donors (Lipinski definition) is 1. The Bertz CT molecular complexity index is 755. The summed E-state index contributed by atoms with van der Waals surface area (Å²) in [6.45, 7) is 9.73. The second kappa shape index (κ2) is 8.05. The molecule has 26 heavy (non-hydrogen) atoms. The number of rotatable bonds is 7. The first kappa shape index (κ1) is 22.6. The zero-order chi connectivity index (χ0) is 20.3. The standard InChI is InChI=1S/C18H29ClN2O4S/c1-17(2,3)12-18(4,5)20-16(22)11-21(26(7,23)24)14-10-13(19)8-9-15(14)25-6/h8-10H,11-12H2,1-7H3,(H,20,22). The van der Waals surface area contributed by atoms with Gasteiger partial charge in [-0.15, -0.1) is 0 Å². The van der Waals surface area contributed by atoms with Crippen molar-refractivity contribution in [3.63, 3.8) is 0 Å². The largest absolute Gasteiger partial charge is 0.495 e. The van der Waals surface area contributed by atoms with Gasteiger partial charge in [0.25, 0.3) is 0 Å². The van der Waals surface area contributed by atoms with Crippen LogP contribution in [0.1, 0.15) is 41.0 Å². The van der Waals surface area contributed by atoms with Gasteiger partial charge in [-0.2, -0.15) is 0 Å². The van der Waals surface area contributed by atoms with Crippen LogP contribution in [0.25, 0.3) is 0 Å². The Hall–Kier alpha value is -1.47. The lowest BCUT2D eigenvalue weighted by molar-refractivity contribution is -0.121. The Morgan fingerprint density at radius 1 is 1.23 bits per heavy atom. The summed E-state index contributed by atoms with van der Waals surface area (Å²) in [4.78, 5) is 12.6. The van der Waals surface area contributed by atoms with E-state index in [-0.39, 0.29) is 17.6 Å². The van der Waals surface area contributed by atoms with Crippen LogP contribution in [-0.4, -0.2) is 39.8 Å². The summed E-state index contributed by atoms with van der Waals surface area (Å²) in [5.74, 6) is -0.0757. The van der Waals surface area contributed by atoms with Gasteiger partial charge >= 0.3 is 0 Å². The molecule has 0 spiro atoms. The molecule has 0 radical (unpaired) electrons. The van der Waals surface area contributed by atoms with E-state index >= 15 is 0 Å². The second-order valence-electron chi connectivity index (χ2n) is 8.26. The number of amides is 1. The molecule has 0 saturated carbocycles. The van der Waals surface area contributed by atoms with E-state index in [9.17, 15) is 13.2 Å². The number of nitrogens with zero attached hydrogens (tertiary/aromatic N) is 1. The number of sulfonamides is 1. The van der Waals surface area contributed by atoms with Crippen LogP contribution < -0.4 is 14.4 Å². The monoisotopic (exact) mass is 404 g/mol. The van der Waals surface area contributed by atoms with E-state index in [0.29, 0.717) is 10.8 Å². The minimum atomic E-state index is -3.72. The van der Waals surface area contributed by atoms with Crippen molar-refractivity contribution in [2.24, 2.45) is 5.41 Å². The van der Waals surface area contributed by atoms with Crippen molar-refractivity contribution >= 4 is 33.2 Å². The van der Waals surface area contributed by atoms with Crippen molar-refractivity contribution in [2.75, 3.05) is 24.2 Å². The molecule has 0 aromatic heterocycles. The van der Waals surface area contributed by atoms with Gasteiger partial charge in [0.2, 0.25) is 15.9 Å². The van der Waals surface area contributed by atoms with Crippen molar-refractivity contribution in [3.8, 4) is 5.75 Å². The van der Waals surface area contributed by atoms with E-state index in [4.69, 9.17) is 16.3 Å². The number of anilines is 1. The van der Waals surface area contributed by atoms with Gasteiger partial charge in [0, 0.05) is 10.6 Å². The summed E-state index contributed by atoms with van der Waals surface area (Å²) in [5, 5.41) is 3.27. The molecule has 6 nitrogen and oxygen atoms in total. The molecular formula is C18H29ClN2O4S. The lowest BCUT2D eigenvalue weighted by Gasteiger charge is -2.34. The summed E-state index contributed by atoms with van der Waals surface area (Å²) in [6, 6.07) is 4.63. The molecule has 0 heterocycles. The SMILES string of the molecule is COc1ccc(Cl)cc1N(CC(=O)NC(C)(C)CC(C)(C)C)S(C)(=O)=O. The lowest BCUT2D eigenvalue weighted by Crippen LogP contribution is -2.50. The predicted octanol–water partition coefficient (Wildman–Crippen LogP) is 3.45. The highest BCUT2D eigenvalue weighted by molar-refractivity contribution is 7.92. The molecule has 0 saturated heterocycles. The van der Waals surface area contributed by atoms with Gasteiger partial charge in [-0.25, -0.2) is 8.42 Å². The van der Waals surface area contributed by atoms with Crippen LogP contribution in [0.15, 0.2) is 18.2 Å². The first-order valence-corrected chi connectivity index (χ1v) is 10.5. The Balaban J connectivity index is 3.11. The Labute approximate surface area is 161 Å². The van der Waals surface area contributed by atoms with Crippen molar-refractivity contribution in [1.29, 1.82) is 0 Å². The maximum absolute atomic E-state index is 12.6. The summed E-state index contributed by atoms with van der Waals surface area (Å²) < 4.78 is 30.8. The van der Waals surface area contributed by atoms with Gasteiger partial charge in [0.1, 0.15) is 12.3 Å². The molecule has 148 valence electrons. The molecule has 0 aliphatic carbocycles. The highest BCUT2D eigenvalue weighted by Gasteiger charge is 2.30. The van der Waals surface area contributed by atoms with Gasteiger partial charge in [-0.3, -0.25) is 9.10 Å². The average molecular weight is 405 g/mol. The summed E-state index contributed by atoms with van der Waals surface area (Å²) >= 11 is 6.01. The molecule has 1 N–H and O–H groups in total. The molecule has 0 aliphatic heterocycles. The molecule has 0 unspecified atom stereocenters. The number of hydrogen-bond acceptors (Lipinski definition) is 4. The van der Waals surface area contributed by atoms with E-state index in [1.165, 1.54) is 13.2 Å².